The molecule has 162 valence electrons. The Morgan fingerprint density at radius 2 is 1.19 bits per heavy atom. The topological polar surface area (TPSA) is 9.23 Å². The summed E-state index contributed by atoms with van der Waals surface area (Å²) in [6.07, 6.45) is 16.1. The van der Waals surface area contributed by atoms with Gasteiger partial charge in [0.15, 0.2) is 0 Å². The Kier molecular flexibility index (Phi) is 15.0. The molecule has 0 aromatic carbocycles. The van der Waals surface area contributed by atoms with Gasteiger partial charge in [-0.25, -0.2) is 0 Å². The summed E-state index contributed by atoms with van der Waals surface area (Å²) in [5.41, 5.74) is -0.0353. The van der Waals surface area contributed by atoms with Crippen molar-refractivity contribution in [3.63, 3.8) is 0 Å². The average molecular weight is 503 g/mol. The van der Waals surface area contributed by atoms with E-state index in [-0.39, 0.29) is 5.60 Å². The van der Waals surface area contributed by atoms with Crippen LogP contribution >= 0.6 is 0 Å². The van der Waals surface area contributed by atoms with Gasteiger partial charge in [-0.1, -0.05) is 0 Å². The number of unbranched alkanes of at least 4 members (excludes halogenated alkanes) is 5. The van der Waals surface area contributed by atoms with Crippen LogP contribution in [0.1, 0.15) is 98.8 Å². The molecule has 0 aromatic heterocycles. The van der Waals surface area contributed by atoms with Gasteiger partial charge in [-0.05, 0) is 0 Å². The molecule has 0 radical (unpaired) electrons. The second-order valence-electron chi connectivity index (χ2n) is 9.99. The van der Waals surface area contributed by atoms with Gasteiger partial charge in [0, 0.05) is 0 Å². The van der Waals surface area contributed by atoms with Crippen molar-refractivity contribution in [1.29, 1.82) is 0 Å². The molecule has 27 heavy (non-hydrogen) atoms. The Balaban J connectivity index is 5.56. The van der Waals surface area contributed by atoms with E-state index in [1.54, 1.807) is 13.3 Å². The Morgan fingerprint density at radius 1 is 0.741 bits per heavy atom. The molecule has 0 rings (SSSR count). The van der Waals surface area contributed by atoms with Gasteiger partial charge in [0.1, 0.15) is 0 Å². The predicted molar refractivity (Wildman–Crippen MR) is 131 cm³/mol. The van der Waals surface area contributed by atoms with Gasteiger partial charge in [-0.15, -0.1) is 0 Å². The second-order valence-corrected chi connectivity index (χ2v) is 27.4. The summed E-state index contributed by atoms with van der Waals surface area (Å²) in [6.45, 7) is 18.8. The third-order valence-corrected chi connectivity index (χ3v) is 20.8. The van der Waals surface area contributed by atoms with Crippen molar-refractivity contribution in [2.75, 3.05) is 0 Å². The Morgan fingerprint density at radius 3 is 1.56 bits per heavy atom. The fourth-order valence-corrected chi connectivity index (χ4v) is 20.4. The molecule has 1 nitrogen and oxygen atoms in total. The monoisotopic (exact) mass is 504 g/mol. The molecule has 0 fully saturated rings. The van der Waals surface area contributed by atoms with Gasteiger partial charge in [0.25, 0.3) is 0 Å². The summed E-state index contributed by atoms with van der Waals surface area (Å²) in [6, 6.07) is 0. The van der Waals surface area contributed by atoms with E-state index in [4.69, 9.17) is 4.43 Å². The first-order valence-corrected chi connectivity index (χ1v) is 23.2. The minimum absolute atomic E-state index is 0.0353. The van der Waals surface area contributed by atoms with Crippen molar-refractivity contribution in [2.24, 2.45) is 0 Å². The number of hydrogen-bond donors (Lipinski definition) is 0. The summed E-state index contributed by atoms with van der Waals surface area (Å²) < 4.78 is 14.3. The van der Waals surface area contributed by atoms with E-state index < -0.39 is 26.7 Å². The molecule has 0 saturated heterocycles. The average Bonchev–Trinajstić information content (AvgIpc) is 2.59. The van der Waals surface area contributed by atoms with E-state index in [0.29, 0.717) is 0 Å². The molecule has 0 aliphatic carbocycles. The third-order valence-electron chi connectivity index (χ3n) is 5.69. The van der Waals surface area contributed by atoms with E-state index in [1.807, 2.05) is 0 Å². The van der Waals surface area contributed by atoms with E-state index in [2.05, 4.69) is 64.4 Å². The summed E-state index contributed by atoms with van der Waals surface area (Å²) >= 11 is -2.22. The van der Waals surface area contributed by atoms with Crippen LogP contribution in [0.3, 0.4) is 0 Å². The van der Waals surface area contributed by atoms with Gasteiger partial charge in [0.2, 0.25) is 0 Å². The van der Waals surface area contributed by atoms with Crippen molar-refractivity contribution >= 4 is 26.7 Å². The van der Waals surface area contributed by atoms with Crippen LogP contribution < -0.4 is 0 Å². The normalized spacial score (nSPS) is 15.4. The zero-order valence-corrected chi connectivity index (χ0v) is 24.1. The fourth-order valence-electron chi connectivity index (χ4n) is 4.16. The molecule has 0 bridgehead atoms. The minimum atomic E-state index is -2.22. The standard InChI is InChI=1S/C12H25OSi.3C4H9.Sn/c1-7-9-10-11-12(3,8-2)13-14(4,5)6;3*1-3-4-2;/h2,8H,7,9-11H2,1,3-6H3;3*1,3-4H2,2H3;. The van der Waals surface area contributed by atoms with Crippen molar-refractivity contribution in [2.45, 2.75) is 137 Å². The Bertz CT molecular complexity index is 367. The number of rotatable bonds is 17. The van der Waals surface area contributed by atoms with Crippen LogP contribution in [0.5, 0.6) is 0 Å². The van der Waals surface area contributed by atoms with Gasteiger partial charge in [-0.3, -0.25) is 0 Å². The Hall–Kier alpha value is 0.716. The van der Waals surface area contributed by atoms with Crippen molar-refractivity contribution in [3.05, 3.63) is 10.2 Å². The molecule has 1 atom stereocenters. The molecule has 0 aliphatic heterocycles. The molecule has 1 unspecified atom stereocenters. The summed E-state index contributed by atoms with van der Waals surface area (Å²) in [7, 11) is -1.55. The Labute approximate surface area is 178 Å². The van der Waals surface area contributed by atoms with Crippen LogP contribution in [0, 0.1) is 0 Å². The quantitative estimate of drug-likeness (QED) is 0.142. The van der Waals surface area contributed by atoms with E-state index in [0.717, 1.165) is 0 Å². The maximum absolute atomic E-state index is 6.77. The summed E-state index contributed by atoms with van der Waals surface area (Å²) in [4.78, 5) is 0. The predicted octanol–water partition coefficient (Wildman–Crippen LogP) is 9.12. The SMILES string of the molecule is CCCCCC(C)(/C=[CH]/[Sn]([CH2]CCC)([CH2]CCC)[CH2]CCC)O[Si](C)(C)C. The van der Waals surface area contributed by atoms with Crippen LogP contribution in [0.15, 0.2) is 10.2 Å². The van der Waals surface area contributed by atoms with Gasteiger partial charge in [-0.2, -0.15) is 0 Å². The first kappa shape index (κ1) is 27.7. The molecule has 0 N–H and O–H groups in total. The van der Waals surface area contributed by atoms with Gasteiger partial charge < -0.3 is 0 Å². The van der Waals surface area contributed by atoms with E-state index >= 15 is 0 Å². The van der Waals surface area contributed by atoms with Crippen LogP contribution in [0.25, 0.3) is 0 Å². The molecule has 0 aromatic rings. The van der Waals surface area contributed by atoms with E-state index in [1.165, 1.54) is 64.2 Å². The van der Waals surface area contributed by atoms with Gasteiger partial charge in [0.05, 0.1) is 0 Å². The second kappa shape index (κ2) is 14.7. The van der Waals surface area contributed by atoms with Crippen molar-refractivity contribution in [3.8, 4) is 0 Å². The fraction of sp³-hybridized carbons (Fsp3) is 0.917. The number of hydrogen-bond acceptors (Lipinski definition) is 1. The first-order valence-electron chi connectivity index (χ1n) is 12.1. The summed E-state index contributed by atoms with van der Waals surface area (Å²) in [5.74, 6) is 0. The van der Waals surface area contributed by atoms with Crippen molar-refractivity contribution < 1.29 is 4.43 Å². The molecule has 0 spiro atoms. The van der Waals surface area contributed by atoms with Gasteiger partial charge >= 0.3 is 179 Å². The molecule has 0 aliphatic rings. The van der Waals surface area contributed by atoms with Crippen LogP contribution in [0.4, 0.5) is 0 Å². The van der Waals surface area contributed by atoms with Crippen LogP contribution in [-0.4, -0.2) is 32.3 Å². The van der Waals surface area contributed by atoms with E-state index in [9.17, 15) is 0 Å². The van der Waals surface area contributed by atoms with Crippen LogP contribution in [0.2, 0.25) is 33.0 Å². The third kappa shape index (κ3) is 13.5. The molecule has 0 amide bonds. The first-order chi connectivity index (χ1) is 12.7. The molecule has 0 saturated carbocycles. The molecule has 3 heteroatoms. The molecule has 0 heterocycles. The summed E-state index contributed by atoms with van der Waals surface area (Å²) in [5, 5.41) is 0. The van der Waals surface area contributed by atoms with Crippen LogP contribution in [-0.2, 0) is 4.43 Å². The molecular formula is C24H52OSiSn. The maximum atomic E-state index is 6.77. The zero-order chi connectivity index (χ0) is 20.8. The molecular weight excluding hydrogens is 451 g/mol. The zero-order valence-electron chi connectivity index (χ0n) is 20.3. The van der Waals surface area contributed by atoms with Crippen molar-refractivity contribution in [1.82, 2.24) is 0 Å².